The summed E-state index contributed by atoms with van der Waals surface area (Å²) in [5, 5.41) is 9.82. The van der Waals surface area contributed by atoms with E-state index >= 15 is 0 Å². The third kappa shape index (κ3) is 2.77. The van der Waals surface area contributed by atoms with Crippen LogP contribution in [0.2, 0.25) is 0 Å². The average Bonchev–Trinajstić information content (AvgIpc) is 3.07. The van der Waals surface area contributed by atoms with Gasteiger partial charge in [-0.15, -0.1) is 5.10 Å². The summed E-state index contributed by atoms with van der Waals surface area (Å²) in [6, 6.07) is 13.1. The fourth-order valence-electron chi connectivity index (χ4n) is 2.67. The summed E-state index contributed by atoms with van der Waals surface area (Å²) in [6.07, 6.45) is 4.68. The first-order chi connectivity index (χ1) is 12.1. The van der Waals surface area contributed by atoms with Crippen molar-refractivity contribution in [1.29, 1.82) is 0 Å². The highest BCUT2D eigenvalue weighted by Gasteiger charge is 2.13. The highest BCUT2D eigenvalue weighted by atomic mass is 32.2. The number of H-pyrrole nitrogens is 1. The number of hydrogen-bond acceptors (Lipinski definition) is 4. The minimum atomic E-state index is -1.66. The Hall–Kier alpha value is -3.10. The van der Waals surface area contributed by atoms with Crippen molar-refractivity contribution < 1.29 is 4.21 Å². The first kappa shape index (κ1) is 15.4. The largest absolute Gasteiger partial charge is 0.303 e. The van der Waals surface area contributed by atoms with E-state index in [0.717, 1.165) is 11.1 Å². The minimum Gasteiger partial charge on any atom is -0.303 e. The van der Waals surface area contributed by atoms with E-state index in [1.165, 1.54) is 16.9 Å². The van der Waals surface area contributed by atoms with Crippen molar-refractivity contribution >= 4 is 16.5 Å². The molecule has 1 atom stereocenters. The van der Waals surface area contributed by atoms with E-state index < -0.39 is 11.0 Å². The fourth-order valence-corrected chi connectivity index (χ4v) is 3.08. The summed E-state index contributed by atoms with van der Waals surface area (Å²) in [4.78, 5) is 19.7. The lowest BCUT2D eigenvalue weighted by Gasteiger charge is -2.04. The van der Waals surface area contributed by atoms with Crippen molar-refractivity contribution in [2.75, 3.05) is 0 Å². The van der Waals surface area contributed by atoms with Gasteiger partial charge in [-0.05, 0) is 17.7 Å². The number of hydrogen-bond donors (Lipinski definition) is 2. The van der Waals surface area contributed by atoms with E-state index in [9.17, 15) is 9.00 Å². The standard InChI is InChI=1S/C17H13N5O2S/c18-25(24)13-8-12(9-19-10-13)16-20-17(23)15-14(6-7-22(15)21-16)11-4-2-1-3-5-11/h1-10H,18H2,(H,20,21,23). The van der Waals surface area contributed by atoms with Gasteiger partial charge in [0.1, 0.15) is 16.5 Å². The van der Waals surface area contributed by atoms with Gasteiger partial charge in [0.15, 0.2) is 5.82 Å². The summed E-state index contributed by atoms with van der Waals surface area (Å²) >= 11 is 0. The van der Waals surface area contributed by atoms with Crippen molar-refractivity contribution in [2.45, 2.75) is 4.90 Å². The Kier molecular flexibility index (Phi) is 3.75. The predicted octanol–water partition coefficient (Wildman–Crippen LogP) is 1.73. The minimum absolute atomic E-state index is 0.270. The summed E-state index contributed by atoms with van der Waals surface area (Å²) in [6.45, 7) is 0. The van der Waals surface area contributed by atoms with Gasteiger partial charge >= 0.3 is 0 Å². The van der Waals surface area contributed by atoms with Crippen LogP contribution in [0, 0.1) is 0 Å². The number of aromatic nitrogens is 4. The Morgan fingerprint density at radius 3 is 2.64 bits per heavy atom. The molecule has 3 N–H and O–H groups in total. The van der Waals surface area contributed by atoms with E-state index in [0.29, 0.717) is 21.8 Å². The van der Waals surface area contributed by atoms with Crippen LogP contribution in [-0.2, 0) is 11.0 Å². The van der Waals surface area contributed by atoms with Gasteiger partial charge < -0.3 is 4.98 Å². The van der Waals surface area contributed by atoms with E-state index in [-0.39, 0.29) is 5.56 Å². The number of nitrogens with zero attached hydrogens (tertiary/aromatic N) is 3. The molecule has 4 rings (SSSR count). The molecule has 0 bridgehead atoms. The van der Waals surface area contributed by atoms with Crippen LogP contribution in [0.5, 0.6) is 0 Å². The number of aromatic amines is 1. The van der Waals surface area contributed by atoms with Crippen LogP contribution in [0.15, 0.2) is 70.7 Å². The predicted molar refractivity (Wildman–Crippen MR) is 95.1 cm³/mol. The van der Waals surface area contributed by atoms with E-state index in [2.05, 4.69) is 15.1 Å². The fraction of sp³-hybridized carbons (Fsp3) is 0. The molecule has 0 fully saturated rings. The molecule has 0 aliphatic carbocycles. The van der Waals surface area contributed by atoms with Gasteiger partial charge in [0, 0.05) is 29.7 Å². The van der Waals surface area contributed by atoms with E-state index in [4.69, 9.17) is 5.14 Å². The van der Waals surface area contributed by atoms with Gasteiger partial charge in [-0.25, -0.2) is 13.9 Å². The molecular weight excluding hydrogens is 338 g/mol. The molecule has 0 spiro atoms. The second-order valence-corrected chi connectivity index (χ2v) is 6.46. The van der Waals surface area contributed by atoms with Crippen LogP contribution < -0.4 is 10.7 Å². The first-order valence-corrected chi connectivity index (χ1v) is 8.63. The number of nitrogens with two attached hydrogens (primary N) is 1. The van der Waals surface area contributed by atoms with Crippen LogP contribution >= 0.6 is 0 Å². The van der Waals surface area contributed by atoms with Gasteiger partial charge in [-0.1, -0.05) is 30.3 Å². The Morgan fingerprint density at radius 1 is 1.08 bits per heavy atom. The molecule has 25 heavy (non-hydrogen) atoms. The lowest BCUT2D eigenvalue weighted by molar-refractivity contribution is 0.684. The zero-order valence-electron chi connectivity index (χ0n) is 12.9. The zero-order valence-corrected chi connectivity index (χ0v) is 13.7. The van der Waals surface area contributed by atoms with Crippen molar-refractivity contribution in [3.63, 3.8) is 0 Å². The van der Waals surface area contributed by atoms with E-state index in [1.807, 2.05) is 36.4 Å². The van der Waals surface area contributed by atoms with Crippen LogP contribution in [0.1, 0.15) is 0 Å². The summed E-state index contributed by atoms with van der Waals surface area (Å²) < 4.78 is 13.0. The van der Waals surface area contributed by atoms with Gasteiger partial charge in [0.2, 0.25) is 0 Å². The Balaban J connectivity index is 1.89. The maximum atomic E-state index is 12.6. The lowest BCUT2D eigenvalue weighted by atomic mass is 10.1. The van der Waals surface area contributed by atoms with Crippen molar-refractivity contribution in [3.05, 3.63) is 71.4 Å². The molecule has 0 aliphatic rings. The van der Waals surface area contributed by atoms with Crippen LogP contribution in [0.4, 0.5) is 0 Å². The zero-order chi connectivity index (χ0) is 17.4. The van der Waals surface area contributed by atoms with Crippen molar-refractivity contribution in [1.82, 2.24) is 19.6 Å². The maximum absolute atomic E-state index is 12.6. The highest BCUT2D eigenvalue weighted by Crippen LogP contribution is 2.23. The normalized spacial score (nSPS) is 12.4. The Morgan fingerprint density at radius 2 is 1.88 bits per heavy atom. The lowest BCUT2D eigenvalue weighted by Crippen LogP contribution is -2.14. The molecule has 0 radical (unpaired) electrons. The number of rotatable bonds is 3. The summed E-state index contributed by atoms with van der Waals surface area (Å²) in [5.74, 6) is 0.326. The molecule has 0 saturated carbocycles. The number of fused-ring (bicyclic) bond motifs is 1. The third-order valence-corrected chi connectivity index (χ3v) is 4.51. The summed E-state index contributed by atoms with van der Waals surface area (Å²) in [5.41, 5.74) is 2.46. The summed E-state index contributed by atoms with van der Waals surface area (Å²) in [7, 11) is -1.66. The van der Waals surface area contributed by atoms with Crippen LogP contribution in [-0.4, -0.2) is 23.8 Å². The topological polar surface area (TPSA) is 106 Å². The van der Waals surface area contributed by atoms with Gasteiger partial charge in [0.25, 0.3) is 5.56 Å². The smallest absolute Gasteiger partial charge is 0.276 e. The molecule has 124 valence electrons. The van der Waals surface area contributed by atoms with Crippen molar-refractivity contribution in [3.8, 4) is 22.5 Å². The Bertz CT molecular complexity index is 1150. The Labute approximate surface area is 144 Å². The molecule has 8 heteroatoms. The molecule has 1 unspecified atom stereocenters. The monoisotopic (exact) mass is 351 g/mol. The molecule has 0 amide bonds. The van der Waals surface area contributed by atoms with Gasteiger partial charge in [0.05, 0.1) is 4.90 Å². The first-order valence-electron chi connectivity index (χ1n) is 7.42. The quantitative estimate of drug-likeness (QED) is 0.586. The molecule has 3 aromatic heterocycles. The van der Waals surface area contributed by atoms with Crippen LogP contribution in [0.3, 0.4) is 0 Å². The highest BCUT2D eigenvalue weighted by molar-refractivity contribution is 7.82. The number of pyridine rings is 1. The van der Waals surface area contributed by atoms with Crippen molar-refractivity contribution in [2.24, 2.45) is 5.14 Å². The third-order valence-electron chi connectivity index (χ3n) is 3.83. The molecule has 0 saturated heterocycles. The molecule has 7 nitrogen and oxygen atoms in total. The second-order valence-electron chi connectivity index (χ2n) is 5.40. The van der Waals surface area contributed by atoms with E-state index in [1.54, 1.807) is 12.3 Å². The van der Waals surface area contributed by atoms with Gasteiger partial charge in [-0.2, -0.15) is 0 Å². The molecule has 1 aromatic carbocycles. The molecular formula is C17H13N5O2S. The average molecular weight is 351 g/mol. The molecule has 3 heterocycles. The SMILES string of the molecule is NS(=O)c1cncc(-c2nn3ccc(-c4ccccc4)c3c(=O)[nH]2)c1. The molecule has 0 aliphatic heterocycles. The molecule has 4 aromatic rings. The van der Waals surface area contributed by atoms with Gasteiger partial charge in [-0.3, -0.25) is 9.78 Å². The number of nitrogens with one attached hydrogen (secondary N) is 1. The second kappa shape index (κ2) is 6.08. The number of benzene rings is 1. The van der Waals surface area contributed by atoms with Crippen LogP contribution in [0.25, 0.3) is 28.0 Å². The maximum Gasteiger partial charge on any atom is 0.276 e.